The minimum Gasteiger partial charge on any atom is -0.349 e. The molecule has 6 heteroatoms. The first-order valence-corrected chi connectivity index (χ1v) is 2.99. The summed E-state index contributed by atoms with van der Waals surface area (Å²) in [7, 11) is 0. The van der Waals surface area contributed by atoms with Gasteiger partial charge in [0.1, 0.15) is 0 Å². The Morgan fingerprint density at radius 2 is 2.27 bits per heavy atom. The lowest BCUT2D eigenvalue weighted by Crippen LogP contribution is -2.40. The van der Waals surface area contributed by atoms with Gasteiger partial charge in [-0.2, -0.15) is 0 Å². The van der Waals surface area contributed by atoms with Gasteiger partial charge in [-0.3, -0.25) is 4.74 Å². The van der Waals surface area contributed by atoms with Crippen molar-refractivity contribution in [1.82, 2.24) is 5.32 Å². The molecule has 1 saturated heterocycles. The molecule has 0 saturated carbocycles. The van der Waals surface area contributed by atoms with E-state index in [1.807, 2.05) is 0 Å². The molecule has 1 rings (SSSR count). The summed E-state index contributed by atoms with van der Waals surface area (Å²) >= 11 is 0. The van der Waals surface area contributed by atoms with E-state index < -0.39 is 12.7 Å². The summed E-state index contributed by atoms with van der Waals surface area (Å²) in [6, 6.07) is 0. The van der Waals surface area contributed by atoms with Crippen molar-refractivity contribution in [3.8, 4) is 0 Å². The predicted octanol–water partition coefficient (Wildman–Crippen LogP) is 0.630. The smallest absolute Gasteiger partial charge is 0.349 e. The Morgan fingerprint density at radius 3 is 2.73 bits per heavy atom. The highest BCUT2D eigenvalue weighted by molar-refractivity contribution is 4.68. The number of hydrogen-bond acceptors (Lipinski definition) is 3. The van der Waals surface area contributed by atoms with Gasteiger partial charge in [-0.25, -0.2) is 0 Å². The Labute approximate surface area is 61.5 Å². The van der Waals surface area contributed by atoms with Crippen molar-refractivity contribution in [1.29, 1.82) is 0 Å². The molecule has 1 fully saturated rings. The first-order valence-electron chi connectivity index (χ1n) is 2.99. The standard InChI is InChI=1S/C5H7F3NO2/c6-5(7,8)11-4-3-9-1-2-10-4/h1,4,9H,2-3H2. The zero-order valence-corrected chi connectivity index (χ0v) is 5.52. The van der Waals surface area contributed by atoms with Crippen molar-refractivity contribution in [3.05, 3.63) is 6.54 Å². The molecule has 0 aromatic carbocycles. The van der Waals surface area contributed by atoms with Crippen molar-refractivity contribution >= 4 is 0 Å². The Hall–Kier alpha value is -0.330. The molecule has 0 aromatic heterocycles. The maximum atomic E-state index is 11.5. The van der Waals surface area contributed by atoms with Crippen molar-refractivity contribution in [2.45, 2.75) is 12.7 Å². The molecular weight excluding hydrogens is 163 g/mol. The predicted molar refractivity (Wildman–Crippen MR) is 29.2 cm³/mol. The van der Waals surface area contributed by atoms with E-state index in [2.05, 4.69) is 14.8 Å². The molecule has 0 bridgehead atoms. The third kappa shape index (κ3) is 3.54. The van der Waals surface area contributed by atoms with Gasteiger partial charge >= 0.3 is 6.36 Å². The van der Waals surface area contributed by atoms with Crippen LogP contribution in [0.5, 0.6) is 0 Å². The fraction of sp³-hybridized carbons (Fsp3) is 0.800. The van der Waals surface area contributed by atoms with Gasteiger partial charge in [-0.1, -0.05) is 0 Å². The zero-order valence-electron chi connectivity index (χ0n) is 5.52. The van der Waals surface area contributed by atoms with Crippen LogP contribution >= 0.6 is 0 Å². The zero-order chi connectivity index (χ0) is 8.32. The molecule has 0 amide bonds. The largest absolute Gasteiger partial charge is 0.524 e. The number of ether oxygens (including phenoxy) is 2. The normalized spacial score (nSPS) is 27.0. The fourth-order valence-corrected chi connectivity index (χ4v) is 0.678. The van der Waals surface area contributed by atoms with Crippen LogP contribution in [0.2, 0.25) is 0 Å². The average molecular weight is 170 g/mol. The maximum absolute atomic E-state index is 11.5. The summed E-state index contributed by atoms with van der Waals surface area (Å²) in [5, 5.41) is 2.58. The van der Waals surface area contributed by atoms with Crippen LogP contribution < -0.4 is 5.32 Å². The SMILES string of the molecule is FC(F)(F)OC1CN[CH]CO1. The Balaban J connectivity index is 2.24. The van der Waals surface area contributed by atoms with Crippen LogP contribution in [0.1, 0.15) is 0 Å². The molecule has 1 heterocycles. The molecule has 1 N–H and O–H groups in total. The fourth-order valence-electron chi connectivity index (χ4n) is 0.678. The monoisotopic (exact) mass is 170 g/mol. The Bertz CT molecular complexity index is 121. The lowest BCUT2D eigenvalue weighted by atomic mass is 10.5. The van der Waals surface area contributed by atoms with E-state index >= 15 is 0 Å². The lowest BCUT2D eigenvalue weighted by Gasteiger charge is -2.23. The van der Waals surface area contributed by atoms with Crippen LogP contribution in [0.3, 0.4) is 0 Å². The Kier molecular flexibility index (Phi) is 2.69. The van der Waals surface area contributed by atoms with Gasteiger partial charge < -0.3 is 10.1 Å². The third-order valence-corrected chi connectivity index (χ3v) is 1.06. The molecule has 1 unspecified atom stereocenters. The topological polar surface area (TPSA) is 30.5 Å². The van der Waals surface area contributed by atoms with E-state index in [1.165, 1.54) is 6.54 Å². The van der Waals surface area contributed by atoms with E-state index in [1.54, 1.807) is 0 Å². The Morgan fingerprint density at radius 1 is 1.55 bits per heavy atom. The maximum Gasteiger partial charge on any atom is 0.524 e. The minimum absolute atomic E-state index is 0.0273. The highest BCUT2D eigenvalue weighted by atomic mass is 19.4. The molecule has 0 aromatic rings. The van der Waals surface area contributed by atoms with E-state index in [4.69, 9.17) is 0 Å². The van der Waals surface area contributed by atoms with Crippen LogP contribution in [0.4, 0.5) is 13.2 Å². The van der Waals surface area contributed by atoms with Crippen molar-refractivity contribution in [2.75, 3.05) is 13.2 Å². The van der Waals surface area contributed by atoms with Gasteiger partial charge in [-0.05, 0) is 0 Å². The lowest BCUT2D eigenvalue weighted by molar-refractivity contribution is -0.378. The number of halogens is 3. The van der Waals surface area contributed by atoms with Gasteiger partial charge in [0.15, 0.2) is 6.29 Å². The molecule has 1 atom stereocenters. The van der Waals surface area contributed by atoms with E-state index in [-0.39, 0.29) is 13.2 Å². The van der Waals surface area contributed by atoms with Crippen LogP contribution in [-0.2, 0) is 9.47 Å². The second-order valence-electron chi connectivity index (χ2n) is 1.94. The van der Waals surface area contributed by atoms with Crippen molar-refractivity contribution in [2.24, 2.45) is 0 Å². The highest BCUT2D eigenvalue weighted by Crippen LogP contribution is 2.19. The van der Waals surface area contributed by atoms with Crippen LogP contribution in [0.25, 0.3) is 0 Å². The molecule has 1 aliphatic rings. The summed E-state index contributed by atoms with van der Waals surface area (Å²) in [5.74, 6) is 0. The van der Waals surface area contributed by atoms with Crippen LogP contribution in [0, 0.1) is 6.54 Å². The average Bonchev–Trinajstić information content (AvgIpc) is 1.85. The quantitative estimate of drug-likeness (QED) is 0.626. The van der Waals surface area contributed by atoms with Crippen LogP contribution in [0.15, 0.2) is 0 Å². The molecule has 11 heavy (non-hydrogen) atoms. The highest BCUT2D eigenvalue weighted by Gasteiger charge is 2.34. The van der Waals surface area contributed by atoms with Gasteiger partial charge in [0.05, 0.1) is 6.61 Å². The van der Waals surface area contributed by atoms with Gasteiger partial charge in [0, 0.05) is 13.1 Å². The summed E-state index contributed by atoms with van der Waals surface area (Å²) in [4.78, 5) is 0. The van der Waals surface area contributed by atoms with E-state index in [0.717, 1.165) is 0 Å². The number of hydrogen-bond donors (Lipinski definition) is 1. The summed E-state index contributed by atoms with van der Waals surface area (Å²) in [5.41, 5.74) is 0. The van der Waals surface area contributed by atoms with E-state index in [0.29, 0.717) is 0 Å². The van der Waals surface area contributed by atoms with Gasteiger partial charge in [0.25, 0.3) is 0 Å². The summed E-state index contributed by atoms with van der Waals surface area (Å²) in [6.45, 7) is 1.68. The molecule has 65 valence electrons. The molecule has 0 aliphatic carbocycles. The van der Waals surface area contributed by atoms with Crippen molar-refractivity contribution in [3.63, 3.8) is 0 Å². The number of nitrogens with one attached hydrogen (secondary N) is 1. The molecule has 0 spiro atoms. The minimum atomic E-state index is -4.62. The molecular formula is C5H7F3NO2. The second-order valence-corrected chi connectivity index (χ2v) is 1.94. The van der Waals surface area contributed by atoms with Crippen molar-refractivity contribution < 1.29 is 22.6 Å². The summed E-state index contributed by atoms with van der Waals surface area (Å²) in [6.07, 6.45) is -5.84. The van der Waals surface area contributed by atoms with E-state index in [9.17, 15) is 13.2 Å². The molecule has 3 nitrogen and oxygen atoms in total. The number of morpholine rings is 1. The first kappa shape index (κ1) is 8.76. The second kappa shape index (κ2) is 3.38. The first-order chi connectivity index (χ1) is 5.08. The third-order valence-electron chi connectivity index (χ3n) is 1.06. The van der Waals surface area contributed by atoms with Gasteiger partial charge in [-0.15, -0.1) is 13.2 Å². The molecule has 1 aliphatic heterocycles. The summed E-state index contributed by atoms with van der Waals surface area (Å²) < 4.78 is 42.7. The van der Waals surface area contributed by atoms with Crippen LogP contribution in [-0.4, -0.2) is 25.8 Å². The molecule has 1 radical (unpaired) electrons. The number of rotatable bonds is 1. The van der Waals surface area contributed by atoms with Gasteiger partial charge in [0.2, 0.25) is 0 Å². The number of alkyl halides is 3.